The molecule has 0 saturated carbocycles. The number of carbonyl (C=O) groups is 1. The Morgan fingerprint density at radius 2 is 2.25 bits per heavy atom. The van der Waals surface area contributed by atoms with Crippen LogP contribution in [0.15, 0.2) is 23.0 Å². The summed E-state index contributed by atoms with van der Waals surface area (Å²) in [5.41, 5.74) is 1.29. The fourth-order valence-corrected chi connectivity index (χ4v) is 1.67. The number of aliphatic carboxylic acids is 1. The lowest BCUT2D eigenvalue weighted by molar-refractivity contribution is -0.136. The van der Waals surface area contributed by atoms with E-state index in [4.69, 9.17) is 5.11 Å². The molecule has 0 aliphatic carbocycles. The van der Waals surface area contributed by atoms with Crippen LogP contribution in [-0.4, -0.2) is 21.0 Å². The van der Waals surface area contributed by atoms with E-state index in [9.17, 15) is 9.59 Å². The van der Waals surface area contributed by atoms with Crippen molar-refractivity contribution in [3.05, 3.63) is 39.9 Å². The van der Waals surface area contributed by atoms with Crippen molar-refractivity contribution in [1.82, 2.24) is 9.97 Å². The van der Waals surface area contributed by atoms with Gasteiger partial charge in [-0.3, -0.25) is 4.79 Å². The van der Waals surface area contributed by atoms with Crippen molar-refractivity contribution < 1.29 is 9.90 Å². The molecular formula is C11H10N2O3. The number of aryl methyl sites for hydroxylation is 1. The van der Waals surface area contributed by atoms with E-state index in [0.29, 0.717) is 16.6 Å². The van der Waals surface area contributed by atoms with Gasteiger partial charge in [-0.05, 0) is 12.5 Å². The summed E-state index contributed by atoms with van der Waals surface area (Å²) in [5, 5.41) is 9.43. The molecule has 1 aromatic heterocycles. The van der Waals surface area contributed by atoms with Gasteiger partial charge in [-0.2, -0.15) is 4.98 Å². The quantitative estimate of drug-likeness (QED) is 0.783. The van der Waals surface area contributed by atoms with Crippen molar-refractivity contribution in [3.63, 3.8) is 0 Å². The summed E-state index contributed by atoms with van der Waals surface area (Å²) >= 11 is 0. The number of H-pyrrole nitrogens is 1. The number of hydrogen-bond acceptors (Lipinski definition) is 3. The molecule has 82 valence electrons. The third-order valence-corrected chi connectivity index (χ3v) is 2.36. The largest absolute Gasteiger partial charge is 0.481 e. The second-order valence-electron chi connectivity index (χ2n) is 3.56. The average molecular weight is 218 g/mol. The Kier molecular flexibility index (Phi) is 2.44. The van der Waals surface area contributed by atoms with Gasteiger partial charge in [0.2, 0.25) is 0 Å². The number of rotatable bonds is 2. The number of aromatic nitrogens is 2. The Morgan fingerprint density at radius 3 is 2.94 bits per heavy atom. The number of carboxylic acids is 1. The van der Waals surface area contributed by atoms with E-state index in [1.54, 1.807) is 6.07 Å². The van der Waals surface area contributed by atoms with Crippen molar-refractivity contribution in [1.29, 1.82) is 0 Å². The molecule has 5 nitrogen and oxygen atoms in total. The molecule has 0 fully saturated rings. The Bertz CT molecular complexity index is 616. The van der Waals surface area contributed by atoms with E-state index in [0.717, 1.165) is 5.56 Å². The van der Waals surface area contributed by atoms with E-state index in [1.165, 1.54) is 0 Å². The number of nitrogens with zero attached hydrogens (tertiary/aromatic N) is 1. The van der Waals surface area contributed by atoms with E-state index in [1.807, 2.05) is 19.1 Å². The first kappa shape index (κ1) is 10.4. The second kappa shape index (κ2) is 3.77. The summed E-state index contributed by atoms with van der Waals surface area (Å²) in [5.74, 6) is -0.982. The summed E-state index contributed by atoms with van der Waals surface area (Å²) in [6.45, 7) is 1.83. The SMILES string of the molecule is Cc1cccc2c(CC(=O)O)[nH]c(=O)nc12. The minimum absolute atomic E-state index is 0.211. The smallest absolute Gasteiger partial charge is 0.345 e. The highest BCUT2D eigenvalue weighted by atomic mass is 16.4. The maximum Gasteiger partial charge on any atom is 0.345 e. The van der Waals surface area contributed by atoms with Crippen LogP contribution in [0.2, 0.25) is 0 Å². The second-order valence-corrected chi connectivity index (χ2v) is 3.56. The Labute approximate surface area is 90.8 Å². The molecule has 2 aromatic rings. The summed E-state index contributed by atoms with van der Waals surface area (Å²) in [7, 11) is 0. The highest BCUT2D eigenvalue weighted by Gasteiger charge is 2.09. The normalized spacial score (nSPS) is 10.6. The van der Waals surface area contributed by atoms with Crippen LogP contribution in [0.1, 0.15) is 11.3 Å². The fourth-order valence-electron chi connectivity index (χ4n) is 1.67. The Balaban J connectivity index is 2.78. The predicted molar refractivity (Wildman–Crippen MR) is 58.4 cm³/mol. The first-order chi connectivity index (χ1) is 7.58. The molecule has 0 amide bonds. The van der Waals surface area contributed by atoms with Gasteiger partial charge in [0.25, 0.3) is 0 Å². The maximum atomic E-state index is 11.3. The topological polar surface area (TPSA) is 83.0 Å². The number of hydrogen-bond donors (Lipinski definition) is 2. The van der Waals surface area contributed by atoms with E-state index >= 15 is 0 Å². The minimum Gasteiger partial charge on any atom is -0.481 e. The molecule has 0 bridgehead atoms. The van der Waals surface area contributed by atoms with Crippen LogP contribution in [-0.2, 0) is 11.2 Å². The molecule has 0 spiro atoms. The zero-order valence-electron chi connectivity index (χ0n) is 8.65. The number of para-hydroxylation sites is 1. The number of aromatic amines is 1. The monoisotopic (exact) mass is 218 g/mol. The highest BCUT2D eigenvalue weighted by Crippen LogP contribution is 2.17. The van der Waals surface area contributed by atoms with E-state index in [-0.39, 0.29) is 6.42 Å². The summed E-state index contributed by atoms with van der Waals surface area (Å²) in [6.07, 6.45) is -0.211. The summed E-state index contributed by atoms with van der Waals surface area (Å²) in [6, 6.07) is 5.39. The molecule has 1 heterocycles. The van der Waals surface area contributed by atoms with Gasteiger partial charge in [0.15, 0.2) is 0 Å². The maximum absolute atomic E-state index is 11.3. The van der Waals surface area contributed by atoms with E-state index < -0.39 is 11.7 Å². The Hall–Kier alpha value is -2.17. The summed E-state index contributed by atoms with van der Waals surface area (Å²) in [4.78, 5) is 28.2. The van der Waals surface area contributed by atoms with Gasteiger partial charge < -0.3 is 10.1 Å². The number of benzene rings is 1. The molecular weight excluding hydrogens is 208 g/mol. The zero-order valence-corrected chi connectivity index (χ0v) is 8.65. The van der Waals surface area contributed by atoms with Crippen molar-refractivity contribution >= 4 is 16.9 Å². The van der Waals surface area contributed by atoms with Crippen LogP contribution in [0.5, 0.6) is 0 Å². The lowest BCUT2D eigenvalue weighted by Gasteiger charge is -2.04. The lowest BCUT2D eigenvalue weighted by Crippen LogP contribution is -2.16. The molecule has 0 atom stereocenters. The highest BCUT2D eigenvalue weighted by molar-refractivity contribution is 5.86. The molecule has 16 heavy (non-hydrogen) atoms. The van der Waals surface area contributed by atoms with Crippen LogP contribution in [0.25, 0.3) is 10.9 Å². The van der Waals surface area contributed by atoms with Gasteiger partial charge in [-0.15, -0.1) is 0 Å². The predicted octanol–water partition coefficient (Wildman–Crippen LogP) is 0.859. The fraction of sp³-hybridized carbons (Fsp3) is 0.182. The van der Waals surface area contributed by atoms with Crippen LogP contribution in [0, 0.1) is 6.92 Å². The van der Waals surface area contributed by atoms with E-state index in [2.05, 4.69) is 9.97 Å². The number of nitrogens with one attached hydrogen (secondary N) is 1. The summed E-state index contributed by atoms with van der Waals surface area (Å²) < 4.78 is 0. The van der Waals surface area contributed by atoms with Crippen LogP contribution < -0.4 is 5.69 Å². The molecule has 1 aromatic carbocycles. The first-order valence-electron chi connectivity index (χ1n) is 4.78. The molecule has 2 N–H and O–H groups in total. The third kappa shape index (κ3) is 1.79. The first-order valence-corrected chi connectivity index (χ1v) is 4.78. The molecule has 5 heteroatoms. The van der Waals surface area contributed by atoms with Gasteiger partial charge >= 0.3 is 11.7 Å². The van der Waals surface area contributed by atoms with Gasteiger partial charge in [0.05, 0.1) is 11.9 Å². The van der Waals surface area contributed by atoms with Crippen molar-refractivity contribution in [2.24, 2.45) is 0 Å². The van der Waals surface area contributed by atoms with Gasteiger partial charge in [0, 0.05) is 11.1 Å². The number of fused-ring (bicyclic) bond motifs is 1. The van der Waals surface area contributed by atoms with Gasteiger partial charge in [-0.25, -0.2) is 4.79 Å². The minimum atomic E-state index is -0.982. The average Bonchev–Trinajstić information content (AvgIpc) is 2.18. The molecule has 2 rings (SSSR count). The van der Waals surface area contributed by atoms with Gasteiger partial charge in [-0.1, -0.05) is 18.2 Å². The van der Waals surface area contributed by atoms with Crippen molar-refractivity contribution in [2.75, 3.05) is 0 Å². The third-order valence-electron chi connectivity index (χ3n) is 2.36. The molecule has 0 radical (unpaired) electrons. The molecule has 0 unspecified atom stereocenters. The number of carboxylic acid groups (broad SMARTS) is 1. The van der Waals surface area contributed by atoms with Crippen molar-refractivity contribution in [2.45, 2.75) is 13.3 Å². The molecule has 0 saturated heterocycles. The Morgan fingerprint density at radius 1 is 1.50 bits per heavy atom. The lowest BCUT2D eigenvalue weighted by atomic mass is 10.1. The van der Waals surface area contributed by atoms with Crippen LogP contribution in [0.4, 0.5) is 0 Å². The standard InChI is InChI=1S/C11H10N2O3/c1-6-3-2-4-7-8(5-9(14)15)12-11(16)13-10(6)7/h2-4H,5H2,1H3,(H,14,15)(H,12,13,16). The zero-order chi connectivity index (χ0) is 11.7. The molecule has 0 aliphatic rings. The van der Waals surface area contributed by atoms with Crippen LogP contribution >= 0.6 is 0 Å². The van der Waals surface area contributed by atoms with Gasteiger partial charge in [0.1, 0.15) is 0 Å². The molecule has 0 aliphatic heterocycles. The van der Waals surface area contributed by atoms with Crippen LogP contribution in [0.3, 0.4) is 0 Å². The van der Waals surface area contributed by atoms with Crippen molar-refractivity contribution in [3.8, 4) is 0 Å².